The van der Waals surface area contributed by atoms with Crippen LogP contribution >= 0.6 is 0 Å². The Labute approximate surface area is 307 Å². The monoisotopic (exact) mass is 734 g/mol. The number of amides is 2. The van der Waals surface area contributed by atoms with Crippen molar-refractivity contribution in [2.75, 3.05) is 26.3 Å². The average Bonchev–Trinajstić information content (AvgIpc) is 3.12. The van der Waals surface area contributed by atoms with Crippen molar-refractivity contribution in [1.82, 2.24) is 19.7 Å². The largest absolute Gasteiger partial charge is 0.390 e. The molecule has 12 heteroatoms. The molecule has 5 N–H and O–H groups in total. The summed E-state index contributed by atoms with van der Waals surface area (Å²) in [5.41, 5.74) is 0.749. The van der Waals surface area contributed by atoms with Crippen LogP contribution in [0.5, 0.6) is 0 Å². The first-order valence-corrected chi connectivity index (χ1v) is 20.9. The van der Waals surface area contributed by atoms with Gasteiger partial charge in [0.25, 0.3) is 10.2 Å². The van der Waals surface area contributed by atoms with E-state index in [4.69, 9.17) is 4.74 Å². The Balaban J connectivity index is 1.63. The van der Waals surface area contributed by atoms with Crippen LogP contribution in [0.15, 0.2) is 43.0 Å². The molecule has 2 amide bonds. The molecule has 2 aliphatic rings. The number of carbonyl (C=O) groups excluding carboxylic acids is 2. The zero-order valence-corrected chi connectivity index (χ0v) is 32.0. The number of nitrogens with zero attached hydrogens (tertiary/aromatic N) is 1. The lowest BCUT2D eigenvalue weighted by Gasteiger charge is -2.31. The summed E-state index contributed by atoms with van der Waals surface area (Å²) in [5, 5.41) is 27.7. The predicted molar refractivity (Wildman–Crippen MR) is 202 cm³/mol. The van der Waals surface area contributed by atoms with Crippen LogP contribution in [0.25, 0.3) is 0 Å². The third-order valence-corrected chi connectivity index (χ3v) is 11.8. The molecule has 2 fully saturated rings. The van der Waals surface area contributed by atoms with Crippen LogP contribution in [0.2, 0.25) is 0 Å². The summed E-state index contributed by atoms with van der Waals surface area (Å²) in [5.74, 6) is -0.125. The van der Waals surface area contributed by atoms with Gasteiger partial charge in [0, 0.05) is 13.1 Å². The van der Waals surface area contributed by atoms with Crippen LogP contribution in [0.1, 0.15) is 116 Å². The van der Waals surface area contributed by atoms with Crippen LogP contribution in [-0.4, -0.2) is 91.4 Å². The molecule has 1 aromatic rings. The first-order valence-electron chi connectivity index (χ1n) is 19.5. The van der Waals surface area contributed by atoms with Crippen molar-refractivity contribution in [3.8, 4) is 0 Å². The number of hydrogen-bond donors (Lipinski definition) is 5. The maximum Gasteiger partial charge on any atom is 0.280 e. The minimum atomic E-state index is -4.03. The van der Waals surface area contributed by atoms with Gasteiger partial charge in [-0.25, -0.2) is 0 Å². The van der Waals surface area contributed by atoms with Gasteiger partial charge in [0.2, 0.25) is 11.8 Å². The topological polar surface area (TPSA) is 157 Å². The molecule has 0 spiro atoms. The van der Waals surface area contributed by atoms with Crippen molar-refractivity contribution in [3.63, 3.8) is 0 Å². The standard InChI is InChI=1S/C39H66N4O7S/c1-4-17-34(41-39(47)35(29-32-21-14-10-15-22-32)42-51(48,49)43-24-26-50-27-25-43)38(46)40-33(37(45)36(44)28-30(2)3)23-16-8-6-5-7-11-18-31-19-12-9-13-20-31/h4,10,14-15,21-22,30-31,33-37,42,44-45H,1,5-9,11-13,16-20,23-29H2,2-3H3,(H,40,46)(H,41,47)/t33-,34-,35-,36-,37+/m0/s1. The van der Waals surface area contributed by atoms with Gasteiger partial charge in [-0.2, -0.15) is 17.4 Å². The molecule has 5 atom stereocenters. The Kier molecular flexibility index (Phi) is 19.7. The fourth-order valence-electron chi connectivity index (χ4n) is 7.23. The number of nitrogens with one attached hydrogen (secondary N) is 3. The highest BCUT2D eigenvalue weighted by Crippen LogP contribution is 2.28. The lowest BCUT2D eigenvalue weighted by molar-refractivity contribution is -0.131. The molecule has 11 nitrogen and oxygen atoms in total. The summed E-state index contributed by atoms with van der Waals surface area (Å²) in [7, 11) is -4.03. The number of aliphatic hydroxyl groups is 2. The van der Waals surface area contributed by atoms with E-state index in [-0.39, 0.29) is 45.1 Å². The molecule has 0 aromatic heterocycles. The lowest BCUT2D eigenvalue weighted by atomic mass is 9.85. The van der Waals surface area contributed by atoms with Gasteiger partial charge in [0.05, 0.1) is 31.5 Å². The molecule has 0 bridgehead atoms. The Hall–Kier alpha value is -2.35. The van der Waals surface area contributed by atoms with Gasteiger partial charge in [-0.1, -0.05) is 127 Å². The molecule has 0 unspecified atom stereocenters. The Morgan fingerprint density at radius 3 is 2.20 bits per heavy atom. The van der Waals surface area contributed by atoms with E-state index in [1.54, 1.807) is 0 Å². The number of ether oxygens (including phenoxy) is 1. The molecule has 1 aliphatic heterocycles. The predicted octanol–water partition coefficient (Wildman–Crippen LogP) is 4.78. The zero-order valence-electron chi connectivity index (χ0n) is 31.1. The molecular weight excluding hydrogens is 669 g/mol. The van der Waals surface area contributed by atoms with E-state index in [2.05, 4.69) is 21.9 Å². The summed E-state index contributed by atoms with van der Waals surface area (Å²) in [6.07, 6.45) is 15.1. The number of carbonyl (C=O) groups is 2. The number of aliphatic hydroxyl groups excluding tert-OH is 2. The Morgan fingerprint density at radius 1 is 0.922 bits per heavy atom. The first-order chi connectivity index (χ1) is 24.5. The number of unbranched alkanes of at least 4 members (excludes halogenated alkanes) is 5. The molecule has 3 rings (SSSR count). The van der Waals surface area contributed by atoms with Crippen molar-refractivity contribution < 1.29 is 33.0 Å². The maximum absolute atomic E-state index is 13.8. The Morgan fingerprint density at radius 2 is 1.55 bits per heavy atom. The summed E-state index contributed by atoms with van der Waals surface area (Å²) < 4.78 is 35.7. The van der Waals surface area contributed by atoms with E-state index in [1.165, 1.54) is 61.7 Å². The van der Waals surface area contributed by atoms with Gasteiger partial charge in [-0.3, -0.25) is 9.59 Å². The number of benzene rings is 1. The lowest BCUT2D eigenvalue weighted by Crippen LogP contribution is -2.58. The second kappa shape index (κ2) is 23.3. The quantitative estimate of drug-likeness (QED) is 0.0756. The van der Waals surface area contributed by atoms with E-state index in [0.717, 1.165) is 37.2 Å². The SMILES string of the molecule is C=CC[C@H](NC(=O)[C@H](Cc1ccccc1)NS(=O)(=O)N1CCOCC1)C(=O)N[C@@H](CCCCCCCCC1CCCCC1)[C@@H](O)[C@@H](O)CC(C)C. The molecule has 1 saturated heterocycles. The van der Waals surface area contributed by atoms with Crippen molar-refractivity contribution >= 4 is 22.0 Å². The minimum Gasteiger partial charge on any atom is -0.390 e. The van der Waals surface area contributed by atoms with E-state index >= 15 is 0 Å². The molecule has 290 valence electrons. The van der Waals surface area contributed by atoms with Crippen molar-refractivity contribution in [2.45, 2.75) is 147 Å². The van der Waals surface area contributed by atoms with Crippen LogP contribution < -0.4 is 15.4 Å². The normalized spacial score (nSPS) is 19.2. The molecule has 1 heterocycles. The van der Waals surface area contributed by atoms with Gasteiger partial charge >= 0.3 is 0 Å². The van der Waals surface area contributed by atoms with Gasteiger partial charge in [-0.05, 0) is 43.1 Å². The molecule has 1 saturated carbocycles. The second-order valence-electron chi connectivity index (χ2n) is 15.0. The van der Waals surface area contributed by atoms with Crippen molar-refractivity contribution in [3.05, 3.63) is 48.6 Å². The maximum atomic E-state index is 13.8. The van der Waals surface area contributed by atoms with E-state index in [9.17, 15) is 28.2 Å². The van der Waals surface area contributed by atoms with Gasteiger partial charge in [0.15, 0.2) is 0 Å². The smallest absolute Gasteiger partial charge is 0.280 e. The van der Waals surface area contributed by atoms with E-state index < -0.39 is 52.4 Å². The summed E-state index contributed by atoms with van der Waals surface area (Å²) in [6, 6.07) is 6.09. The van der Waals surface area contributed by atoms with Crippen LogP contribution in [0.4, 0.5) is 0 Å². The summed E-state index contributed by atoms with van der Waals surface area (Å²) in [4.78, 5) is 27.5. The Bertz CT molecular complexity index is 1250. The highest BCUT2D eigenvalue weighted by Gasteiger charge is 2.34. The highest BCUT2D eigenvalue weighted by molar-refractivity contribution is 7.87. The first kappa shape index (κ1) is 43.1. The fraction of sp³-hybridized carbons (Fsp3) is 0.744. The van der Waals surface area contributed by atoms with E-state index in [1.807, 2.05) is 44.2 Å². The number of hydrogen-bond acceptors (Lipinski definition) is 7. The van der Waals surface area contributed by atoms with Crippen LogP contribution in [0.3, 0.4) is 0 Å². The molecule has 1 aromatic carbocycles. The van der Waals surface area contributed by atoms with Gasteiger partial charge in [-0.15, -0.1) is 6.58 Å². The van der Waals surface area contributed by atoms with Crippen molar-refractivity contribution in [1.29, 1.82) is 0 Å². The third-order valence-electron chi connectivity index (χ3n) is 10.2. The van der Waals surface area contributed by atoms with Gasteiger partial charge < -0.3 is 25.6 Å². The van der Waals surface area contributed by atoms with Crippen molar-refractivity contribution in [2.24, 2.45) is 11.8 Å². The molecular formula is C39H66N4O7S. The van der Waals surface area contributed by atoms with Crippen LogP contribution in [0, 0.1) is 11.8 Å². The van der Waals surface area contributed by atoms with Gasteiger partial charge in [0.1, 0.15) is 12.1 Å². The zero-order chi connectivity index (χ0) is 37.1. The number of morpholine rings is 1. The molecule has 0 radical (unpaired) electrons. The van der Waals surface area contributed by atoms with Crippen LogP contribution in [-0.2, 0) is 31.0 Å². The number of rotatable bonds is 24. The molecule has 1 aliphatic carbocycles. The minimum absolute atomic E-state index is 0.0714. The second-order valence-corrected chi connectivity index (χ2v) is 16.7. The fourth-order valence-corrected chi connectivity index (χ4v) is 8.56. The summed E-state index contributed by atoms with van der Waals surface area (Å²) >= 11 is 0. The highest BCUT2D eigenvalue weighted by atomic mass is 32.2. The summed E-state index contributed by atoms with van der Waals surface area (Å²) in [6.45, 7) is 8.56. The van der Waals surface area contributed by atoms with E-state index in [0.29, 0.717) is 12.8 Å². The molecule has 51 heavy (non-hydrogen) atoms. The average molecular weight is 735 g/mol. The third kappa shape index (κ3) is 16.1.